The fraction of sp³-hybridized carbons (Fsp3) is 0.607. The lowest BCUT2D eigenvalue weighted by Crippen LogP contribution is -2.54. The number of fused-ring (bicyclic) bond motifs is 1. The van der Waals surface area contributed by atoms with E-state index in [2.05, 4.69) is 10.6 Å². The fourth-order valence-electron chi connectivity index (χ4n) is 4.28. The number of carboxylic acid groups (broad SMARTS) is 1. The zero-order valence-electron chi connectivity index (χ0n) is 24.0. The van der Waals surface area contributed by atoms with Crippen LogP contribution in [0.4, 0.5) is 5.69 Å². The maximum Gasteiger partial charge on any atom is 0.305 e. The third-order valence-corrected chi connectivity index (χ3v) is 6.35. The van der Waals surface area contributed by atoms with Crippen LogP contribution < -0.4 is 10.6 Å². The molecule has 2 aliphatic heterocycles. The maximum absolute atomic E-state index is 13.1. The van der Waals surface area contributed by atoms with E-state index in [9.17, 15) is 24.0 Å². The van der Waals surface area contributed by atoms with Gasteiger partial charge in [-0.1, -0.05) is 6.07 Å². The summed E-state index contributed by atoms with van der Waals surface area (Å²) in [7, 11) is 0. The van der Waals surface area contributed by atoms with Gasteiger partial charge in [-0.2, -0.15) is 0 Å². The fourth-order valence-corrected chi connectivity index (χ4v) is 4.28. The van der Waals surface area contributed by atoms with E-state index < -0.39 is 35.6 Å². The molecule has 0 aliphatic carbocycles. The number of benzene rings is 1. The smallest absolute Gasteiger partial charge is 0.305 e. The average Bonchev–Trinajstić information content (AvgIpc) is 3.23. The van der Waals surface area contributed by atoms with Crippen LogP contribution in [0, 0.1) is 0 Å². The second-order valence-corrected chi connectivity index (χ2v) is 9.42. The molecule has 3 rings (SSSR count). The van der Waals surface area contributed by atoms with Crippen LogP contribution in [0.25, 0.3) is 0 Å². The molecule has 0 saturated carbocycles. The second-order valence-electron chi connectivity index (χ2n) is 9.42. The van der Waals surface area contributed by atoms with Crippen LogP contribution in [0.15, 0.2) is 18.2 Å². The van der Waals surface area contributed by atoms with Gasteiger partial charge in [0.2, 0.25) is 11.8 Å². The van der Waals surface area contributed by atoms with E-state index >= 15 is 0 Å². The van der Waals surface area contributed by atoms with Crippen LogP contribution >= 0.6 is 0 Å². The van der Waals surface area contributed by atoms with Crippen LogP contribution in [0.5, 0.6) is 0 Å². The van der Waals surface area contributed by atoms with Crippen LogP contribution in [-0.2, 0) is 42.8 Å². The van der Waals surface area contributed by atoms with Gasteiger partial charge in [0.25, 0.3) is 11.8 Å². The first-order chi connectivity index (χ1) is 20.9. The maximum atomic E-state index is 13.1. The highest BCUT2D eigenvalue weighted by Gasteiger charge is 2.45. The lowest BCUT2D eigenvalue weighted by molar-refractivity contribution is -0.138. The van der Waals surface area contributed by atoms with Crippen LogP contribution in [0.1, 0.15) is 40.0 Å². The summed E-state index contributed by atoms with van der Waals surface area (Å²) in [5.41, 5.74) is 0.889. The largest absolute Gasteiger partial charge is 0.481 e. The van der Waals surface area contributed by atoms with Crippen LogP contribution in [0.2, 0.25) is 0 Å². The van der Waals surface area contributed by atoms with E-state index in [1.807, 2.05) is 0 Å². The average molecular weight is 610 g/mol. The zero-order valence-corrected chi connectivity index (χ0v) is 24.0. The highest BCUT2D eigenvalue weighted by molar-refractivity contribution is 6.25. The third kappa shape index (κ3) is 11.3. The molecule has 2 heterocycles. The predicted molar refractivity (Wildman–Crippen MR) is 149 cm³/mol. The Morgan fingerprint density at radius 3 is 1.86 bits per heavy atom. The van der Waals surface area contributed by atoms with Gasteiger partial charge in [0.1, 0.15) is 6.04 Å². The molecule has 1 saturated heterocycles. The molecule has 1 unspecified atom stereocenters. The highest BCUT2D eigenvalue weighted by Crippen LogP contribution is 2.32. The van der Waals surface area contributed by atoms with Gasteiger partial charge >= 0.3 is 5.97 Å². The summed E-state index contributed by atoms with van der Waals surface area (Å²) in [6, 6.07) is 3.87. The van der Waals surface area contributed by atoms with Crippen molar-refractivity contribution < 1.29 is 57.5 Å². The number of carbonyl (C=O) groups is 5. The van der Waals surface area contributed by atoms with Crippen LogP contribution in [0.3, 0.4) is 0 Å². The monoisotopic (exact) mass is 609 g/mol. The van der Waals surface area contributed by atoms with Gasteiger partial charge in [-0.05, 0) is 18.6 Å². The van der Waals surface area contributed by atoms with Gasteiger partial charge in [-0.25, -0.2) is 0 Å². The topological polar surface area (TPSA) is 188 Å². The van der Waals surface area contributed by atoms with E-state index in [1.165, 1.54) is 0 Å². The van der Waals surface area contributed by atoms with Crippen molar-refractivity contribution in [2.24, 2.45) is 0 Å². The number of ether oxygens (including phenoxy) is 6. The summed E-state index contributed by atoms with van der Waals surface area (Å²) in [6.07, 6.45) is 0.141. The van der Waals surface area contributed by atoms with Crippen molar-refractivity contribution >= 4 is 35.3 Å². The van der Waals surface area contributed by atoms with E-state index in [-0.39, 0.29) is 37.0 Å². The lowest BCUT2D eigenvalue weighted by Gasteiger charge is -2.27. The van der Waals surface area contributed by atoms with Gasteiger partial charge in [0.05, 0.1) is 96.8 Å². The molecule has 2 aliphatic rings. The number of anilines is 1. The normalized spacial score (nSPS) is 16.5. The summed E-state index contributed by atoms with van der Waals surface area (Å²) in [5.74, 6) is -3.08. The molecule has 1 fully saturated rings. The van der Waals surface area contributed by atoms with E-state index in [0.29, 0.717) is 84.9 Å². The quantitative estimate of drug-likeness (QED) is 0.112. The van der Waals surface area contributed by atoms with E-state index in [0.717, 1.165) is 4.90 Å². The van der Waals surface area contributed by atoms with E-state index in [1.54, 1.807) is 18.2 Å². The number of piperidine rings is 1. The first-order valence-electron chi connectivity index (χ1n) is 14.2. The number of amides is 4. The van der Waals surface area contributed by atoms with Gasteiger partial charge in [-0.15, -0.1) is 0 Å². The van der Waals surface area contributed by atoms with Crippen molar-refractivity contribution in [3.05, 3.63) is 29.3 Å². The standard InChI is InChI=1S/C28H39N3O12/c32-23-5-4-22(26(35)30-23)31-27(36)20-2-1-3-21(25(20)28(31)37)29-7-9-39-11-13-41-15-17-43-19-18-42-16-14-40-12-10-38-8-6-24(33)34/h1-3,22,29H,4-19H2,(H,33,34)(H,30,32,35). The molecule has 3 N–H and O–H groups in total. The number of rotatable bonds is 23. The lowest BCUT2D eigenvalue weighted by atomic mass is 10.0. The molecule has 4 amide bonds. The molecular weight excluding hydrogens is 570 g/mol. The van der Waals surface area contributed by atoms with Gasteiger partial charge in [0.15, 0.2) is 0 Å². The molecule has 0 aromatic heterocycles. The second kappa shape index (κ2) is 18.9. The van der Waals surface area contributed by atoms with Crippen LogP contribution in [-0.4, -0.2) is 131 Å². The van der Waals surface area contributed by atoms with Gasteiger partial charge < -0.3 is 38.8 Å². The minimum absolute atomic E-state index is 0.0229. The van der Waals surface area contributed by atoms with Gasteiger partial charge in [0, 0.05) is 18.7 Å². The molecule has 15 heteroatoms. The number of imide groups is 2. The van der Waals surface area contributed by atoms with Crippen molar-refractivity contribution in [2.45, 2.75) is 25.3 Å². The Morgan fingerprint density at radius 1 is 0.791 bits per heavy atom. The number of carbonyl (C=O) groups excluding carboxylic acids is 4. The summed E-state index contributed by atoms with van der Waals surface area (Å²) in [4.78, 5) is 61.0. The molecule has 43 heavy (non-hydrogen) atoms. The Labute approximate surface area is 249 Å². The van der Waals surface area contributed by atoms with Crippen molar-refractivity contribution in [3.8, 4) is 0 Å². The molecule has 1 aromatic rings. The minimum atomic E-state index is -1.01. The summed E-state index contributed by atoms with van der Waals surface area (Å²) in [5, 5.41) is 13.8. The Kier molecular flexibility index (Phi) is 15.0. The highest BCUT2D eigenvalue weighted by atomic mass is 16.6. The number of hydrogen-bond acceptors (Lipinski definition) is 12. The molecule has 0 spiro atoms. The van der Waals surface area contributed by atoms with Gasteiger partial charge in [-0.3, -0.25) is 34.2 Å². The number of nitrogens with zero attached hydrogens (tertiary/aromatic N) is 1. The Bertz CT molecular complexity index is 1100. The minimum Gasteiger partial charge on any atom is -0.481 e. The van der Waals surface area contributed by atoms with Crippen molar-refractivity contribution in [2.75, 3.05) is 91.1 Å². The summed E-state index contributed by atoms with van der Waals surface area (Å²) in [6.45, 7) is 4.85. The number of carboxylic acids is 1. The summed E-state index contributed by atoms with van der Waals surface area (Å²) < 4.78 is 32.2. The molecule has 0 bridgehead atoms. The molecule has 1 aromatic carbocycles. The summed E-state index contributed by atoms with van der Waals surface area (Å²) >= 11 is 0. The third-order valence-electron chi connectivity index (χ3n) is 6.35. The molecule has 0 radical (unpaired) electrons. The Hall–Kier alpha value is -3.47. The first kappa shape index (κ1) is 34.0. The van der Waals surface area contributed by atoms with Crippen molar-refractivity contribution in [3.63, 3.8) is 0 Å². The number of aliphatic carboxylic acids is 1. The molecule has 238 valence electrons. The van der Waals surface area contributed by atoms with Crippen molar-refractivity contribution in [1.29, 1.82) is 0 Å². The predicted octanol–water partition coefficient (Wildman–Crippen LogP) is 0.0740. The Balaban J connectivity index is 1.16. The SMILES string of the molecule is O=C(O)CCOCCOCCOCCOCCOCCOCCNc1cccc2c1C(=O)N(C1CCC(=O)NC1=O)C2=O. The molecule has 1 atom stereocenters. The zero-order chi connectivity index (χ0) is 30.9. The van der Waals surface area contributed by atoms with Crippen molar-refractivity contribution in [1.82, 2.24) is 10.2 Å². The molecular formula is C28H39N3O12. The number of hydrogen-bond donors (Lipinski definition) is 3. The molecule has 15 nitrogen and oxygen atoms in total. The first-order valence-corrected chi connectivity index (χ1v) is 14.2. The number of nitrogens with one attached hydrogen (secondary N) is 2. The van der Waals surface area contributed by atoms with E-state index in [4.69, 9.17) is 33.5 Å². The Morgan fingerprint density at radius 2 is 1.33 bits per heavy atom.